The van der Waals surface area contributed by atoms with Crippen LogP contribution in [0.3, 0.4) is 0 Å². The normalized spacial score (nSPS) is 31.1. The van der Waals surface area contributed by atoms with Gasteiger partial charge in [0.1, 0.15) is 12.1 Å². The topological polar surface area (TPSA) is 59.6 Å². The van der Waals surface area contributed by atoms with E-state index in [1.54, 1.807) is 0 Å². The average Bonchev–Trinajstić information content (AvgIpc) is 2.23. The Morgan fingerprint density at radius 3 is 2.13 bits per heavy atom. The summed E-state index contributed by atoms with van der Waals surface area (Å²) in [5.74, 6) is 0. The summed E-state index contributed by atoms with van der Waals surface area (Å²) < 4.78 is 5.33. The number of nitrogens with one attached hydrogen (secondary N) is 1. The second-order valence-corrected chi connectivity index (χ2v) is 6.21. The monoisotopic (exact) mass is 211 g/mol. The van der Waals surface area contributed by atoms with Crippen molar-refractivity contribution in [3.05, 3.63) is 0 Å². The first-order chi connectivity index (χ1) is 6.72. The molecule has 0 bridgehead atoms. The minimum Gasteiger partial charge on any atom is -0.463 e. The lowest BCUT2D eigenvalue weighted by molar-refractivity contribution is 0.0859. The third kappa shape index (κ3) is 2.09. The van der Waals surface area contributed by atoms with E-state index in [2.05, 4.69) is 38.0 Å². The van der Waals surface area contributed by atoms with Crippen LogP contribution < -0.4 is 11.1 Å². The van der Waals surface area contributed by atoms with Crippen LogP contribution in [0.1, 0.15) is 40.5 Å². The number of amidine groups is 1. The van der Waals surface area contributed by atoms with Crippen LogP contribution in [0.5, 0.6) is 0 Å². The molecule has 2 aliphatic rings. The number of aliphatic imine (C=N–C) groups is 1. The Kier molecular flexibility index (Phi) is 2.06. The standard InChI is InChI=1S/C11H21N3O/c1-9(2)5-11(6-10(3,4)14-9)7-15-8(12)13-11/h14H,5-7H2,1-4H3,(H2,12,13). The highest BCUT2D eigenvalue weighted by Gasteiger charge is 2.49. The summed E-state index contributed by atoms with van der Waals surface area (Å²) in [6.45, 7) is 9.46. The van der Waals surface area contributed by atoms with Crippen molar-refractivity contribution in [3.63, 3.8) is 0 Å². The van der Waals surface area contributed by atoms with E-state index in [9.17, 15) is 0 Å². The first-order valence-corrected chi connectivity index (χ1v) is 5.50. The van der Waals surface area contributed by atoms with Gasteiger partial charge in [0.25, 0.3) is 6.02 Å². The molecule has 0 aromatic rings. The first-order valence-electron chi connectivity index (χ1n) is 5.50. The molecular weight excluding hydrogens is 190 g/mol. The first kappa shape index (κ1) is 10.7. The molecule has 0 aliphatic carbocycles. The lowest BCUT2D eigenvalue weighted by Gasteiger charge is -2.49. The SMILES string of the molecule is CC1(C)CC2(COC(N)=N2)CC(C)(C)N1. The zero-order valence-corrected chi connectivity index (χ0v) is 10.1. The zero-order valence-electron chi connectivity index (χ0n) is 10.1. The Bertz CT molecular complexity index is 291. The summed E-state index contributed by atoms with van der Waals surface area (Å²) >= 11 is 0. The van der Waals surface area contributed by atoms with Gasteiger partial charge in [0.15, 0.2) is 0 Å². The van der Waals surface area contributed by atoms with Gasteiger partial charge in [0, 0.05) is 11.1 Å². The quantitative estimate of drug-likeness (QED) is 0.628. The molecule has 15 heavy (non-hydrogen) atoms. The molecule has 0 radical (unpaired) electrons. The van der Waals surface area contributed by atoms with Crippen LogP contribution in [0.2, 0.25) is 0 Å². The second kappa shape index (κ2) is 2.88. The highest BCUT2D eigenvalue weighted by molar-refractivity contribution is 5.73. The Labute approximate surface area is 91.3 Å². The fourth-order valence-corrected chi connectivity index (χ4v) is 3.40. The van der Waals surface area contributed by atoms with E-state index in [-0.39, 0.29) is 16.6 Å². The van der Waals surface area contributed by atoms with Gasteiger partial charge in [-0.05, 0) is 40.5 Å². The molecule has 0 amide bonds. The number of nitrogens with zero attached hydrogens (tertiary/aromatic N) is 1. The van der Waals surface area contributed by atoms with Gasteiger partial charge < -0.3 is 15.8 Å². The van der Waals surface area contributed by atoms with Crippen molar-refractivity contribution >= 4 is 6.02 Å². The van der Waals surface area contributed by atoms with E-state index in [0.717, 1.165) is 12.8 Å². The van der Waals surface area contributed by atoms with Crippen molar-refractivity contribution < 1.29 is 4.74 Å². The van der Waals surface area contributed by atoms with E-state index in [0.29, 0.717) is 12.6 Å². The molecule has 2 aliphatic heterocycles. The Balaban J connectivity index is 2.28. The number of nitrogens with two attached hydrogens (primary N) is 1. The molecule has 0 aromatic heterocycles. The van der Waals surface area contributed by atoms with Gasteiger partial charge >= 0.3 is 0 Å². The van der Waals surface area contributed by atoms with Crippen molar-refractivity contribution in [3.8, 4) is 0 Å². The molecule has 2 rings (SSSR count). The maximum atomic E-state index is 5.62. The van der Waals surface area contributed by atoms with Crippen LogP contribution in [0.25, 0.3) is 0 Å². The van der Waals surface area contributed by atoms with E-state index >= 15 is 0 Å². The number of hydrogen-bond acceptors (Lipinski definition) is 4. The molecule has 1 spiro atoms. The number of hydrogen-bond donors (Lipinski definition) is 2. The molecule has 3 N–H and O–H groups in total. The van der Waals surface area contributed by atoms with Gasteiger partial charge in [-0.25, -0.2) is 4.99 Å². The summed E-state index contributed by atoms with van der Waals surface area (Å²) in [4.78, 5) is 4.50. The molecule has 0 aromatic carbocycles. The van der Waals surface area contributed by atoms with Crippen LogP contribution in [0.15, 0.2) is 4.99 Å². The predicted molar refractivity (Wildman–Crippen MR) is 60.8 cm³/mol. The van der Waals surface area contributed by atoms with Crippen molar-refractivity contribution in [1.82, 2.24) is 5.32 Å². The number of rotatable bonds is 0. The highest BCUT2D eigenvalue weighted by Crippen LogP contribution is 2.40. The summed E-state index contributed by atoms with van der Waals surface area (Å²) in [6.07, 6.45) is 1.95. The summed E-state index contributed by atoms with van der Waals surface area (Å²) in [7, 11) is 0. The molecule has 1 fully saturated rings. The zero-order chi connectivity index (χ0) is 11.3. The minimum absolute atomic E-state index is 0.0826. The maximum absolute atomic E-state index is 5.62. The smallest absolute Gasteiger partial charge is 0.282 e. The Morgan fingerprint density at radius 1 is 1.20 bits per heavy atom. The third-order valence-corrected chi connectivity index (χ3v) is 3.05. The fraction of sp³-hybridized carbons (Fsp3) is 0.909. The van der Waals surface area contributed by atoms with E-state index in [1.165, 1.54) is 0 Å². The summed E-state index contributed by atoms with van der Waals surface area (Å²) in [5, 5.41) is 3.63. The number of piperidine rings is 1. The van der Waals surface area contributed by atoms with Gasteiger partial charge in [-0.15, -0.1) is 0 Å². The van der Waals surface area contributed by atoms with Crippen molar-refractivity contribution in [2.45, 2.75) is 57.2 Å². The lowest BCUT2D eigenvalue weighted by Crippen LogP contribution is -2.63. The Morgan fingerprint density at radius 2 is 1.73 bits per heavy atom. The number of ether oxygens (including phenoxy) is 1. The van der Waals surface area contributed by atoms with Crippen LogP contribution >= 0.6 is 0 Å². The molecule has 86 valence electrons. The molecule has 4 nitrogen and oxygen atoms in total. The van der Waals surface area contributed by atoms with Gasteiger partial charge in [0.05, 0.1) is 0 Å². The van der Waals surface area contributed by atoms with E-state index in [1.807, 2.05) is 0 Å². The van der Waals surface area contributed by atoms with Crippen LogP contribution in [-0.4, -0.2) is 29.2 Å². The molecule has 2 heterocycles. The highest BCUT2D eigenvalue weighted by atomic mass is 16.5. The minimum atomic E-state index is -0.109. The van der Waals surface area contributed by atoms with E-state index < -0.39 is 0 Å². The maximum Gasteiger partial charge on any atom is 0.282 e. The summed E-state index contributed by atoms with van der Waals surface area (Å²) in [5.41, 5.74) is 5.68. The molecular formula is C11H21N3O. The van der Waals surface area contributed by atoms with Crippen LogP contribution in [0, 0.1) is 0 Å². The molecule has 1 saturated heterocycles. The van der Waals surface area contributed by atoms with Gasteiger partial charge in [0.2, 0.25) is 0 Å². The lowest BCUT2D eigenvalue weighted by atomic mass is 9.72. The van der Waals surface area contributed by atoms with Crippen LogP contribution in [0.4, 0.5) is 0 Å². The molecule has 4 heteroatoms. The molecule has 0 saturated carbocycles. The molecule has 0 unspecified atom stereocenters. The van der Waals surface area contributed by atoms with Gasteiger partial charge in [-0.3, -0.25) is 0 Å². The third-order valence-electron chi connectivity index (χ3n) is 3.05. The van der Waals surface area contributed by atoms with E-state index in [4.69, 9.17) is 10.5 Å². The Hall–Kier alpha value is -0.770. The summed E-state index contributed by atoms with van der Waals surface area (Å²) in [6, 6.07) is 0.350. The fourth-order valence-electron chi connectivity index (χ4n) is 3.40. The predicted octanol–water partition coefficient (Wildman–Crippen LogP) is 1.01. The van der Waals surface area contributed by atoms with Crippen molar-refractivity contribution in [1.29, 1.82) is 0 Å². The average molecular weight is 211 g/mol. The van der Waals surface area contributed by atoms with Crippen molar-refractivity contribution in [2.24, 2.45) is 10.7 Å². The largest absolute Gasteiger partial charge is 0.463 e. The van der Waals surface area contributed by atoms with Crippen molar-refractivity contribution in [2.75, 3.05) is 6.61 Å². The van der Waals surface area contributed by atoms with Gasteiger partial charge in [-0.2, -0.15) is 0 Å². The van der Waals surface area contributed by atoms with Crippen LogP contribution in [-0.2, 0) is 4.74 Å². The second-order valence-electron chi connectivity index (χ2n) is 6.21. The molecule has 0 atom stereocenters. The van der Waals surface area contributed by atoms with Gasteiger partial charge in [-0.1, -0.05) is 0 Å².